The van der Waals surface area contributed by atoms with Gasteiger partial charge in [-0.25, -0.2) is 0 Å². The number of likely N-dealkylation sites (tertiary alicyclic amines) is 1. The highest BCUT2D eigenvalue weighted by Gasteiger charge is 2.40. The summed E-state index contributed by atoms with van der Waals surface area (Å²) in [5.41, 5.74) is 2.40. The van der Waals surface area contributed by atoms with Gasteiger partial charge in [-0.1, -0.05) is 30.7 Å². The zero-order valence-corrected chi connectivity index (χ0v) is 23.2. The summed E-state index contributed by atoms with van der Waals surface area (Å²) in [6.45, 7) is 2.61. The Bertz CT molecular complexity index is 1400. The van der Waals surface area contributed by atoms with Gasteiger partial charge in [-0.15, -0.1) is 13.2 Å². The van der Waals surface area contributed by atoms with E-state index in [9.17, 15) is 32.8 Å². The van der Waals surface area contributed by atoms with Crippen molar-refractivity contribution < 1.29 is 32.3 Å². The molecule has 2 aromatic rings. The predicted octanol–water partition coefficient (Wildman–Crippen LogP) is 4.62. The fraction of sp³-hybridized carbons (Fsp3) is 0.484. The lowest BCUT2D eigenvalue weighted by molar-refractivity contribution is -0.274. The van der Waals surface area contributed by atoms with Gasteiger partial charge in [0, 0.05) is 18.5 Å². The molecule has 2 fully saturated rings. The highest BCUT2D eigenvalue weighted by molar-refractivity contribution is 6.05. The lowest BCUT2D eigenvalue weighted by atomic mass is 9.74. The molecule has 0 spiro atoms. The number of rotatable bonds is 9. The highest BCUT2D eigenvalue weighted by atomic mass is 19.4. The number of halogens is 3. The molecule has 11 heteroatoms. The zero-order chi connectivity index (χ0) is 29.9. The number of nitriles is 1. The number of carbonyl (C=O) groups excluding carboxylic acids is 3. The monoisotopic (exact) mass is 582 g/mol. The average molecular weight is 583 g/mol. The molecule has 3 amide bonds. The third-order valence-corrected chi connectivity index (χ3v) is 8.64. The van der Waals surface area contributed by atoms with Crippen LogP contribution < -0.4 is 10.1 Å². The summed E-state index contributed by atoms with van der Waals surface area (Å²) in [5, 5.41) is 12.3. The smallest absolute Gasteiger partial charge is 0.406 e. The van der Waals surface area contributed by atoms with Crippen molar-refractivity contribution in [2.45, 2.75) is 75.7 Å². The fourth-order valence-electron chi connectivity index (χ4n) is 6.33. The topological polar surface area (TPSA) is 103 Å². The molecule has 0 radical (unpaired) electrons. The molecule has 3 aliphatic rings. The first-order valence-corrected chi connectivity index (χ1v) is 14.3. The van der Waals surface area contributed by atoms with Crippen molar-refractivity contribution in [1.82, 2.24) is 15.1 Å². The number of fused-ring (bicyclic) bond motifs is 1. The standard InChI is InChI=1S/C31H33F3N4O4/c32-31(33,34)42-23-9-5-8-22(18-23)30(20-35)13-16-37(17-14-30)15-3-1-2-6-21-7-4-10-24-25(21)19-38(29(24)41)26-11-12-27(39)36-28(26)40/h4-5,7-10,18,26H,1-3,6,11-17,19H2,(H,36,39,40). The molecule has 0 aliphatic carbocycles. The van der Waals surface area contributed by atoms with Crippen molar-refractivity contribution in [2.24, 2.45) is 0 Å². The van der Waals surface area contributed by atoms with Gasteiger partial charge in [-0.3, -0.25) is 19.7 Å². The molecule has 42 heavy (non-hydrogen) atoms. The summed E-state index contributed by atoms with van der Waals surface area (Å²) in [6, 6.07) is 13.2. The Labute approximate surface area is 242 Å². The van der Waals surface area contributed by atoms with Gasteiger partial charge in [0.25, 0.3) is 5.91 Å². The molecule has 3 aliphatic heterocycles. The predicted molar refractivity (Wildman–Crippen MR) is 146 cm³/mol. The third-order valence-electron chi connectivity index (χ3n) is 8.64. The van der Waals surface area contributed by atoms with Gasteiger partial charge in [0.05, 0.1) is 11.5 Å². The van der Waals surface area contributed by atoms with Crippen molar-refractivity contribution in [3.63, 3.8) is 0 Å². The molecule has 8 nitrogen and oxygen atoms in total. The number of benzene rings is 2. The first kappa shape index (κ1) is 29.6. The Morgan fingerprint density at radius 3 is 2.52 bits per heavy atom. The second kappa shape index (κ2) is 12.1. The Morgan fingerprint density at radius 1 is 1.05 bits per heavy atom. The molecular formula is C31H33F3N4O4. The van der Waals surface area contributed by atoms with Crippen molar-refractivity contribution in [1.29, 1.82) is 5.26 Å². The third kappa shape index (κ3) is 6.44. The summed E-state index contributed by atoms with van der Waals surface area (Å²) in [7, 11) is 0. The number of nitrogens with zero attached hydrogens (tertiary/aromatic N) is 3. The van der Waals surface area contributed by atoms with Gasteiger partial charge in [0.1, 0.15) is 11.8 Å². The van der Waals surface area contributed by atoms with Gasteiger partial charge in [-0.05, 0) is 93.0 Å². The molecule has 0 bridgehead atoms. The van der Waals surface area contributed by atoms with E-state index in [1.807, 2.05) is 12.1 Å². The molecular weight excluding hydrogens is 549 g/mol. The quantitative estimate of drug-likeness (QED) is 0.342. The van der Waals surface area contributed by atoms with Crippen LogP contribution in [0.15, 0.2) is 42.5 Å². The fourth-order valence-corrected chi connectivity index (χ4v) is 6.33. The minimum atomic E-state index is -4.78. The van der Waals surface area contributed by atoms with Crippen LogP contribution in [0.5, 0.6) is 5.75 Å². The number of nitrogens with one attached hydrogen (secondary N) is 1. The van der Waals surface area contributed by atoms with Crippen LogP contribution in [0.4, 0.5) is 13.2 Å². The second-order valence-electron chi connectivity index (χ2n) is 11.3. The Balaban J connectivity index is 1.09. The zero-order valence-electron chi connectivity index (χ0n) is 23.2. The van der Waals surface area contributed by atoms with E-state index in [2.05, 4.69) is 21.0 Å². The number of hydrogen-bond acceptors (Lipinski definition) is 6. The van der Waals surface area contributed by atoms with E-state index in [0.29, 0.717) is 50.0 Å². The first-order valence-electron chi connectivity index (χ1n) is 14.3. The van der Waals surface area contributed by atoms with Crippen molar-refractivity contribution >= 4 is 17.7 Å². The minimum absolute atomic E-state index is 0.167. The molecule has 2 saturated heterocycles. The van der Waals surface area contributed by atoms with E-state index in [1.54, 1.807) is 17.0 Å². The average Bonchev–Trinajstić information content (AvgIpc) is 3.29. The molecule has 0 aromatic heterocycles. The number of hydrogen-bond donors (Lipinski definition) is 1. The molecule has 0 saturated carbocycles. The Kier molecular flexibility index (Phi) is 8.55. The molecule has 222 valence electrons. The van der Waals surface area contributed by atoms with Gasteiger partial charge in [-0.2, -0.15) is 5.26 Å². The lowest BCUT2D eigenvalue weighted by Crippen LogP contribution is -2.52. The highest BCUT2D eigenvalue weighted by Crippen LogP contribution is 2.37. The summed E-state index contributed by atoms with van der Waals surface area (Å²) < 4.78 is 42.1. The SMILES string of the molecule is N#CC1(c2cccc(OC(F)(F)F)c2)CCN(CCCCCc2cccc3c2CN(C2CCC(=O)NC2=O)C3=O)CC1. The molecule has 1 atom stereocenters. The number of imide groups is 1. The number of amides is 3. The van der Waals surface area contributed by atoms with Crippen LogP contribution >= 0.6 is 0 Å². The maximum absolute atomic E-state index is 13.0. The summed E-state index contributed by atoms with van der Waals surface area (Å²) in [4.78, 5) is 40.8. The summed E-state index contributed by atoms with van der Waals surface area (Å²) in [5.74, 6) is -1.20. The van der Waals surface area contributed by atoms with Crippen LogP contribution in [0.2, 0.25) is 0 Å². The van der Waals surface area contributed by atoms with Crippen LogP contribution in [0.1, 0.15) is 72.0 Å². The number of aryl methyl sites for hydroxylation is 1. The molecule has 2 aromatic carbocycles. The van der Waals surface area contributed by atoms with E-state index >= 15 is 0 Å². The van der Waals surface area contributed by atoms with E-state index in [-0.39, 0.29) is 24.0 Å². The number of alkyl halides is 3. The maximum atomic E-state index is 13.0. The number of carbonyl (C=O) groups is 3. The van der Waals surface area contributed by atoms with E-state index in [0.717, 1.165) is 43.4 Å². The summed E-state index contributed by atoms with van der Waals surface area (Å²) in [6.07, 6.45) is 0.538. The minimum Gasteiger partial charge on any atom is -0.406 e. The van der Waals surface area contributed by atoms with Crippen LogP contribution in [0, 0.1) is 11.3 Å². The number of piperidine rings is 2. The molecule has 5 rings (SSSR count). The Morgan fingerprint density at radius 2 is 1.81 bits per heavy atom. The van der Waals surface area contributed by atoms with Crippen molar-refractivity contribution in [3.8, 4) is 11.8 Å². The normalized spacial score (nSPS) is 20.7. The van der Waals surface area contributed by atoms with Crippen LogP contribution in [0.25, 0.3) is 0 Å². The lowest BCUT2D eigenvalue weighted by Gasteiger charge is -2.37. The number of unbranched alkanes of at least 4 members (excludes halogenated alkanes) is 2. The molecule has 1 N–H and O–H groups in total. The molecule has 1 unspecified atom stereocenters. The Hall–Kier alpha value is -3.91. The van der Waals surface area contributed by atoms with E-state index in [1.165, 1.54) is 18.2 Å². The van der Waals surface area contributed by atoms with Crippen molar-refractivity contribution in [2.75, 3.05) is 19.6 Å². The maximum Gasteiger partial charge on any atom is 0.573 e. The molecule has 3 heterocycles. The second-order valence-corrected chi connectivity index (χ2v) is 11.3. The van der Waals surface area contributed by atoms with Gasteiger partial charge in [0.15, 0.2) is 0 Å². The largest absolute Gasteiger partial charge is 0.573 e. The van der Waals surface area contributed by atoms with Crippen LogP contribution in [0.3, 0.4) is 0 Å². The van der Waals surface area contributed by atoms with Crippen LogP contribution in [-0.2, 0) is 28.0 Å². The van der Waals surface area contributed by atoms with Gasteiger partial charge < -0.3 is 14.5 Å². The van der Waals surface area contributed by atoms with Gasteiger partial charge in [0.2, 0.25) is 11.8 Å². The first-order chi connectivity index (χ1) is 20.1. The van der Waals surface area contributed by atoms with Gasteiger partial charge >= 0.3 is 6.36 Å². The summed E-state index contributed by atoms with van der Waals surface area (Å²) >= 11 is 0. The van der Waals surface area contributed by atoms with E-state index in [4.69, 9.17) is 0 Å². The number of ether oxygens (including phenoxy) is 1. The van der Waals surface area contributed by atoms with Crippen molar-refractivity contribution in [3.05, 3.63) is 64.7 Å². The van der Waals surface area contributed by atoms with Crippen LogP contribution in [-0.4, -0.2) is 59.6 Å². The van der Waals surface area contributed by atoms with E-state index < -0.39 is 23.7 Å².